The highest BCUT2D eigenvalue weighted by Crippen LogP contribution is 2.18. The first kappa shape index (κ1) is 18.0. The van der Waals surface area contributed by atoms with E-state index in [0.717, 1.165) is 0 Å². The number of nitrogen functional groups attached to an aromatic ring is 1. The Kier molecular flexibility index (Phi) is 5.38. The Morgan fingerprint density at radius 1 is 1.28 bits per heavy atom. The van der Waals surface area contributed by atoms with Gasteiger partial charge in [-0.05, 0) is 38.1 Å². The number of amides is 2. The first-order valence-electron chi connectivity index (χ1n) is 7.55. The van der Waals surface area contributed by atoms with Gasteiger partial charge in [-0.1, -0.05) is 0 Å². The highest BCUT2D eigenvalue weighted by molar-refractivity contribution is 5.97. The average Bonchev–Trinajstić information content (AvgIpc) is 2.96. The number of carbonyl (C=O) groups excluding carboxylic acids is 3. The van der Waals surface area contributed by atoms with Crippen LogP contribution in [0.15, 0.2) is 30.6 Å². The molecule has 0 fully saturated rings. The second-order valence-electron chi connectivity index (χ2n) is 5.21. The summed E-state index contributed by atoms with van der Waals surface area (Å²) in [4.78, 5) is 38.9. The number of nitrogens with two attached hydrogens (primary N) is 2. The summed E-state index contributed by atoms with van der Waals surface area (Å²) in [5.41, 5.74) is 11.7. The van der Waals surface area contributed by atoms with Crippen LogP contribution in [0.5, 0.6) is 0 Å². The molecule has 0 aliphatic carbocycles. The highest BCUT2D eigenvalue weighted by atomic mass is 16.5. The summed E-state index contributed by atoms with van der Waals surface area (Å²) in [5.74, 6) is -1.55. The fourth-order valence-electron chi connectivity index (χ4n) is 2.15. The van der Waals surface area contributed by atoms with Crippen molar-refractivity contribution in [2.45, 2.75) is 19.9 Å². The van der Waals surface area contributed by atoms with Crippen molar-refractivity contribution in [2.75, 3.05) is 17.7 Å². The first-order valence-corrected chi connectivity index (χ1v) is 7.55. The van der Waals surface area contributed by atoms with Gasteiger partial charge in [0.05, 0.1) is 18.5 Å². The Morgan fingerprint density at radius 3 is 2.44 bits per heavy atom. The van der Waals surface area contributed by atoms with Crippen LogP contribution in [-0.4, -0.2) is 33.9 Å². The lowest BCUT2D eigenvalue weighted by Crippen LogP contribution is -2.25. The van der Waals surface area contributed by atoms with E-state index in [1.165, 1.54) is 10.9 Å². The molecule has 0 spiro atoms. The fraction of sp³-hybridized carbons (Fsp3) is 0.250. The van der Waals surface area contributed by atoms with Crippen LogP contribution in [0.4, 0.5) is 11.5 Å². The van der Waals surface area contributed by atoms with Gasteiger partial charge in [0.1, 0.15) is 11.9 Å². The number of benzene rings is 1. The van der Waals surface area contributed by atoms with E-state index in [9.17, 15) is 14.4 Å². The SMILES string of the molecule is CCOC(=O)c1ccc(NC(=O)C(C)n2cnc(C(N)=O)c2N)cc1. The lowest BCUT2D eigenvalue weighted by atomic mass is 10.2. The van der Waals surface area contributed by atoms with E-state index in [-0.39, 0.29) is 24.0 Å². The van der Waals surface area contributed by atoms with E-state index in [1.807, 2.05) is 0 Å². The van der Waals surface area contributed by atoms with Crippen molar-refractivity contribution < 1.29 is 19.1 Å². The Morgan fingerprint density at radius 2 is 1.92 bits per heavy atom. The summed E-state index contributed by atoms with van der Waals surface area (Å²) in [5, 5.41) is 2.69. The Hall–Kier alpha value is -3.36. The van der Waals surface area contributed by atoms with E-state index >= 15 is 0 Å². The third kappa shape index (κ3) is 3.94. The molecule has 2 rings (SSSR count). The third-order valence-corrected chi connectivity index (χ3v) is 3.53. The van der Waals surface area contributed by atoms with Crippen LogP contribution in [0.2, 0.25) is 0 Å². The Labute approximate surface area is 144 Å². The molecule has 1 aromatic carbocycles. The highest BCUT2D eigenvalue weighted by Gasteiger charge is 2.21. The summed E-state index contributed by atoms with van der Waals surface area (Å²) in [7, 11) is 0. The van der Waals surface area contributed by atoms with E-state index in [2.05, 4.69) is 10.3 Å². The number of rotatable bonds is 6. The smallest absolute Gasteiger partial charge is 0.338 e. The van der Waals surface area contributed by atoms with E-state index in [4.69, 9.17) is 16.2 Å². The second-order valence-corrected chi connectivity index (χ2v) is 5.21. The number of carbonyl (C=O) groups is 3. The van der Waals surface area contributed by atoms with Gasteiger partial charge >= 0.3 is 5.97 Å². The van der Waals surface area contributed by atoms with Crippen molar-refractivity contribution in [3.05, 3.63) is 41.9 Å². The molecule has 9 nitrogen and oxygen atoms in total. The molecule has 5 N–H and O–H groups in total. The molecular weight excluding hydrogens is 326 g/mol. The van der Waals surface area contributed by atoms with E-state index in [1.54, 1.807) is 38.1 Å². The van der Waals surface area contributed by atoms with Crippen LogP contribution < -0.4 is 16.8 Å². The molecule has 1 atom stereocenters. The molecule has 2 aromatic rings. The van der Waals surface area contributed by atoms with E-state index in [0.29, 0.717) is 11.3 Å². The molecule has 9 heteroatoms. The standard InChI is InChI=1S/C16H19N5O4/c1-3-25-16(24)10-4-6-11(7-5-10)20-15(23)9(2)21-8-19-12(13(21)17)14(18)22/h4-9H,3,17H2,1-2H3,(H2,18,22)(H,20,23). The van der Waals surface area contributed by atoms with Crippen molar-refractivity contribution >= 4 is 29.3 Å². The maximum absolute atomic E-state index is 12.3. The van der Waals surface area contributed by atoms with Gasteiger partial charge < -0.3 is 26.1 Å². The van der Waals surface area contributed by atoms with Crippen LogP contribution in [0, 0.1) is 0 Å². The van der Waals surface area contributed by atoms with Gasteiger partial charge in [-0.3, -0.25) is 9.59 Å². The Bertz CT molecular complexity index is 797. The summed E-state index contributed by atoms with van der Waals surface area (Å²) in [6.45, 7) is 3.61. The molecular formula is C16H19N5O4. The third-order valence-electron chi connectivity index (χ3n) is 3.53. The zero-order chi connectivity index (χ0) is 18.6. The zero-order valence-corrected chi connectivity index (χ0v) is 13.9. The number of esters is 1. The number of imidazole rings is 1. The van der Waals surface area contributed by atoms with Crippen LogP contribution >= 0.6 is 0 Å². The summed E-state index contributed by atoms with van der Waals surface area (Å²) < 4.78 is 6.24. The van der Waals surface area contributed by atoms with Crippen molar-refractivity contribution in [3.63, 3.8) is 0 Å². The molecule has 1 heterocycles. The fourth-order valence-corrected chi connectivity index (χ4v) is 2.15. The van der Waals surface area contributed by atoms with E-state index < -0.39 is 17.9 Å². The molecule has 1 unspecified atom stereocenters. The molecule has 0 radical (unpaired) electrons. The van der Waals surface area contributed by atoms with Gasteiger partial charge in [0.25, 0.3) is 5.91 Å². The lowest BCUT2D eigenvalue weighted by molar-refractivity contribution is -0.118. The van der Waals surface area contributed by atoms with Gasteiger partial charge in [-0.25, -0.2) is 9.78 Å². The van der Waals surface area contributed by atoms with Crippen molar-refractivity contribution in [2.24, 2.45) is 5.73 Å². The molecule has 0 aliphatic rings. The monoisotopic (exact) mass is 345 g/mol. The maximum atomic E-state index is 12.3. The molecule has 2 amide bonds. The van der Waals surface area contributed by atoms with Gasteiger partial charge in [0.15, 0.2) is 5.69 Å². The summed E-state index contributed by atoms with van der Waals surface area (Å²) >= 11 is 0. The average molecular weight is 345 g/mol. The van der Waals surface area contributed by atoms with Crippen LogP contribution in [0.25, 0.3) is 0 Å². The molecule has 0 saturated carbocycles. The summed E-state index contributed by atoms with van der Waals surface area (Å²) in [6, 6.07) is 5.56. The molecule has 0 bridgehead atoms. The van der Waals surface area contributed by atoms with Crippen molar-refractivity contribution in [3.8, 4) is 0 Å². The number of primary amides is 1. The van der Waals surface area contributed by atoms with Gasteiger partial charge in [0.2, 0.25) is 5.91 Å². The van der Waals surface area contributed by atoms with Crippen LogP contribution in [-0.2, 0) is 9.53 Å². The van der Waals surface area contributed by atoms with Crippen LogP contribution in [0.3, 0.4) is 0 Å². The quantitative estimate of drug-likeness (QED) is 0.665. The second kappa shape index (κ2) is 7.47. The largest absolute Gasteiger partial charge is 0.462 e. The minimum absolute atomic E-state index is 0.0211. The lowest BCUT2D eigenvalue weighted by Gasteiger charge is -2.15. The van der Waals surface area contributed by atoms with Crippen LogP contribution in [0.1, 0.15) is 40.7 Å². The number of aromatic nitrogens is 2. The predicted octanol–water partition coefficient (Wildman–Crippen LogP) is 0.941. The summed E-state index contributed by atoms with van der Waals surface area (Å²) in [6.07, 6.45) is 1.28. The molecule has 132 valence electrons. The number of hydrogen-bond acceptors (Lipinski definition) is 6. The minimum atomic E-state index is -0.765. The topological polar surface area (TPSA) is 142 Å². The Balaban J connectivity index is 2.09. The maximum Gasteiger partial charge on any atom is 0.338 e. The molecule has 1 aromatic heterocycles. The normalized spacial score (nSPS) is 11.6. The number of anilines is 2. The molecule has 0 saturated heterocycles. The van der Waals surface area contributed by atoms with Crippen molar-refractivity contribution in [1.82, 2.24) is 9.55 Å². The van der Waals surface area contributed by atoms with Gasteiger partial charge in [-0.2, -0.15) is 0 Å². The number of hydrogen-bond donors (Lipinski definition) is 3. The number of ether oxygens (including phenoxy) is 1. The van der Waals surface area contributed by atoms with Gasteiger partial charge in [0, 0.05) is 5.69 Å². The predicted molar refractivity (Wildman–Crippen MR) is 90.9 cm³/mol. The number of nitrogens with one attached hydrogen (secondary N) is 1. The minimum Gasteiger partial charge on any atom is -0.462 e. The number of nitrogens with zero attached hydrogens (tertiary/aromatic N) is 2. The molecule has 0 aliphatic heterocycles. The van der Waals surface area contributed by atoms with Crippen molar-refractivity contribution in [1.29, 1.82) is 0 Å². The van der Waals surface area contributed by atoms with Gasteiger partial charge in [-0.15, -0.1) is 0 Å². The first-order chi connectivity index (χ1) is 11.8. The zero-order valence-electron chi connectivity index (χ0n) is 13.9. The molecule has 25 heavy (non-hydrogen) atoms.